The topological polar surface area (TPSA) is 20.2 Å². The Morgan fingerprint density at radius 1 is 1.08 bits per heavy atom. The summed E-state index contributed by atoms with van der Waals surface area (Å²) in [4.78, 5) is 0. The molecule has 0 amide bonds. The predicted octanol–water partition coefficient (Wildman–Crippen LogP) is 3.25. The Bertz CT molecular complexity index is 267. The van der Waals surface area contributed by atoms with Gasteiger partial charge in [0.25, 0.3) is 0 Å². The Balaban J connectivity index is 3.08. The van der Waals surface area contributed by atoms with Crippen molar-refractivity contribution in [1.82, 2.24) is 0 Å². The number of allylic oxidation sites excluding steroid dienone is 1. The molecular formula is C11H12O. The van der Waals surface area contributed by atoms with E-state index < -0.39 is 0 Å². The Hall–Kier alpha value is -1.50. The van der Waals surface area contributed by atoms with E-state index in [1.54, 1.807) is 6.08 Å². The summed E-state index contributed by atoms with van der Waals surface area (Å²) in [6.07, 6.45) is 6.72. The van der Waals surface area contributed by atoms with Crippen LogP contribution < -0.4 is 0 Å². The molecule has 1 aromatic rings. The van der Waals surface area contributed by atoms with Crippen LogP contribution in [-0.4, -0.2) is 5.11 Å². The summed E-state index contributed by atoms with van der Waals surface area (Å²) in [5.74, 6) is 0. The summed E-state index contributed by atoms with van der Waals surface area (Å²) < 4.78 is 0. The highest BCUT2D eigenvalue weighted by Gasteiger charge is 1.91. The number of aliphatic hydroxyl groups excluding tert-OH is 1. The number of rotatable bonds is 2. The Kier molecular flexibility index (Phi) is 3.15. The minimum atomic E-state index is 1.03. The van der Waals surface area contributed by atoms with E-state index in [9.17, 15) is 0 Å². The summed E-state index contributed by atoms with van der Waals surface area (Å²) >= 11 is 0. The quantitative estimate of drug-likeness (QED) is 0.658. The molecule has 1 heteroatoms. The summed E-state index contributed by atoms with van der Waals surface area (Å²) in [6, 6.07) is 7.89. The fourth-order valence-electron chi connectivity index (χ4n) is 1.07. The van der Waals surface area contributed by atoms with E-state index in [1.807, 2.05) is 43.3 Å². The molecule has 0 atom stereocenters. The minimum Gasteiger partial charge on any atom is -0.516 e. The van der Waals surface area contributed by atoms with Gasteiger partial charge in [0.2, 0.25) is 0 Å². The van der Waals surface area contributed by atoms with E-state index in [0.717, 1.165) is 17.4 Å². The van der Waals surface area contributed by atoms with Gasteiger partial charge in [-0.2, -0.15) is 0 Å². The van der Waals surface area contributed by atoms with E-state index in [-0.39, 0.29) is 0 Å². The van der Waals surface area contributed by atoms with Gasteiger partial charge < -0.3 is 5.11 Å². The van der Waals surface area contributed by atoms with E-state index in [1.165, 1.54) is 0 Å². The molecule has 0 bridgehead atoms. The molecule has 0 aliphatic heterocycles. The van der Waals surface area contributed by atoms with Crippen LogP contribution in [0.2, 0.25) is 0 Å². The minimum absolute atomic E-state index is 1.03. The van der Waals surface area contributed by atoms with Crippen LogP contribution in [0.4, 0.5) is 0 Å². The highest BCUT2D eigenvalue weighted by Crippen LogP contribution is 2.11. The number of hydrogen-bond donors (Lipinski definition) is 1. The van der Waals surface area contributed by atoms with Gasteiger partial charge in [-0.1, -0.05) is 36.4 Å². The molecule has 1 N–H and O–H groups in total. The maximum Gasteiger partial charge on any atom is 0.0797 e. The maximum atomic E-state index is 8.61. The first kappa shape index (κ1) is 8.60. The smallest absolute Gasteiger partial charge is 0.0797 e. The molecule has 0 aliphatic rings. The molecule has 12 heavy (non-hydrogen) atoms. The van der Waals surface area contributed by atoms with Gasteiger partial charge in [0.1, 0.15) is 0 Å². The van der Waals surface area contributed by atoms with Gasteiger partial charge in [-0.15, -0.1) is 0 Å². The van der Waals surface area contributed by atoms with Crippen molar-refractivity contribution >= 4 is 12.2 Å². The molecule has 0 saturated carbocycles. The zero-order valence-electron chi connectivity index (χ0n) is 7.07. The second kappa shape index (κ2) is 4.39. The maximum absolute atomic E-state index is 8.61. The fraction of sp³-hybridized carbons (Fsp3) is 0.0909. The van der Waals surface area contributed by atoms with Crippen molar-refractivity contribution in [2.75, 3.05) is 0 Å². The molecule has 0 saturated heterocycles. The van der Waals surface area contributed by atoms with Gasteiger partial charge in [-0.05, 0) is 24.1 Å². The lowest BCUT2D eigenvalue weighted by molar-refractivity contribution is 0.478. The monoisotopic (exact) mass is 160 g/mol. The van der Waals surface area contributed by atoms with E-state index >= 15 is 0 Å². The summed E-state index contributed by atoms with van der Waals surface area (Å²) in [6.45, 7) is 1.97. The molecule has 1 nitrogen and oxygen atoms in total. The molecule has 0 fully saturated rings. The average molecular weight is 160 g/mol. The largest absolute Gasteiger partial charge is 0.516 e. The van der Waals surface area contributed by atoms with Crippen LogP contribution in [0.1, 0.15) is 18.1 Å². The molecule has 0 radical (unpaired) electrons. The molecule has 0 unspecified atom stereocenters. The van der Waals surface area contributed by atoms with Crippen molar-refractivity contribution in [2.24, 2.45) is 0 Å². The highest BCUT2D eigenvalue weighted by atomic mass is 16.2. The van der Waals surface area contributed by atoms with Gasteiger partial charge in [-0.25, -0.2) is 0 Å². The predicted molar refractivity (Wildman–Crippen MR) is 52.8 cm³/mol. The molecular weight excluding hydrogens is 148 g/mol. The van der Waals surface area contributed by atoms with Crippen molar-refractivity contribution in [1.29, 1.82) is 0 Å². The molecule has 62 valence electrons. The third-order valence-electron chi connectivity index (χ3n) is 1.60. The van der Waals surface area contributed by atoms with Gasteiger partial charge in [0, 0.05) is 0 Å². The second-order valence-electron chi connectivity index (χ2n) is 2.44. The van der Waals surface area contributed by atoms with Crippen molar-refractivity contribution < 1.29 is 5.11 Å². The molecule has 1 aromatic carbocycles. The Labute approximate surface area is 72.7 Å². The third-order valence-corrected chi connectivity index (χ3v) is 1.60. The van der Waals surface area contributed by atoms with Crippen LogP contribution in [0.3, 0.4) is 0 Å². The summed E-state index contributed by atoms with van der Waals surface area (Å²) in [5.41, 5.74) is 2.14. The second-order valence-corrected chi connectivity index (χ2v) is 2.44. The van der Waals surface area contributed by atoms with Crippen molar-refractivity contribution in [3.8, 4) is 0 Å². The van der Waals surface area contributed by atoms with Crippen molar-refractivity contribution in [2.45, 2.75) is 6.92 Å². The molecule has 0 aliphatic carbocycles. The lowest BCUT2D eigenvalue weighted by Crippen LogP contribution is -1.78. The number of aliphatic hydroxyl groups is 1. The molecule has 0 aromatic heterocycles. The number of benzene rings is 1. The fourth-order valence-corrected chi connectivity index (χ4v) is 1.07. The van der Waals surface area contributed by atoms with E-state index in [2.05, 4.69) is 0 Å². The first-order valence-corrected chi connectivity index (χ1v) is 3.91. The van der Waals surface area contributed by atoms with Crippen LogP contribution in [0, 0.1) is 0 Å². The third kappa shape index (κ3) is 1.99. The van der Waals surface area contributed by atoms with Gasteiger partial charge in [0.05, 0.1) is 6.26 Å². The van der Waals surface area contributed by atoms with Crippen LogP contribution in [0.25, 0.3) is 12.2 Å². The van der Waals surface area contributed by atoms with Gasteiger partial charge in [0.15, 0.2) is 0 Å². The lowest BCUT2D eigenvalue weighted by atomic mass is 10.1. The lowest BCUT2D eigenvalue weighted by Gasteiger charge is -1.98. The number of hydrogen-bond acceptors (Lipinski definition) is 1. The van der Waals surface area contributed by atoms with Crippen LogP contribution in [0.15, 0.2) is 36.6 Å². The standard InChI is InChI=1S/C11H12O/c1-2-5-10-6-3-4-7-11(10)8-9-12/h2-9,12H,1H3/b5-2-,9-8+. The van der Waals surface area contributed by atoms with E-state index in [4.69, 9.17) is 5.11 Å². The van der Waals surface area contributed by atoms with Crippen LogP contribution >= 0.6 is 0 Å². The average Bonchev–Trinajstić information content (AvgIpc) is 2.09. The first-order valence-electron chi connectivity index (χ1n) is 3.91. The van der Waals surface area contributed by atoms with Gasteiger partial charge in [-0.3, -0.25) is 0 Å². The Morgan fingerprint density at radius 2 is 1.67 bits per heavy atom. The molecule has 0 heterocycles. The van der Waals surface area contributed by atoms with Crippen LogP contribution in [-0.2, 0) is 0 Å². The van der Waals surface area contributed by atoms with E-state index in [0.29, 0.717) is 0 Å². The highest BCUT2D eigenvalue weighted by molar-refractivity contribution is 5.64. The molecule has 0 spiro atoms. The normalized spacial score (nSPS) is 11.4. The first-order chi connectivity index (χ1) is 5.88. The summed E-state index contributed by atoms with van der Waals surface area (Å²) in [7, 11) is 0. The SMILES string of the molecule is C/C=C\c1ccccc1/C=C/O. The van der Waals surface area contributed by atoms with Gasteiger partial charge >= 0.3 is 0 Å². The summed E-state index contributed by atoms with van der Waals surface area (Å²) in [5, 5.41) is 8.61. The van der Waals surface area contributed by atoms with Crippen molar-refractivity contribution in [3.63, 3.8) is 0 Å². The molecule has 1 rings (SSSR count). The van der Waals surface area contributed by atoms with Crippen molar-refractivity contribution in [3.05, 3.63) is 47.7 Å². The van der Waals surface area contributed by atoms with Crippen LogP contribution in [0.5, 0.6) is 0 Å². The Morgan fingerprint density at radius 3 is 2.17 bits per heavy atom. The zero-order valence-corrected chi connectivity index (χ0v) is 7.07. The zero-order chi connectivity index (χ0) is 8.81.